The topological polar surface area (TPSA) is 84.6 Å². The van der Waals surface area contributed by atoms with Gasteiger partial charge >= 0.3 is 0 Å². The Hall–Kier alpha value is -3.70. The lowest BCUT2D eigenvalue weighted by Crippen LogP contribution is -2.42. The molecule has 3 aromatic rings. The summed E-state index contributed by atoms with van der Waals surface area (Å²) < 4.78 is 26.6. The van der Waals surface area contributed by atoms with Crippen molar-refractivity contribution in [3.8, 4) is 22.9 Å². The number of pyridine rings is 1. The van der Waals surface area contributed by atoms with E-state index in [0.29, 0.717) is 54.0 Å². The summed E-state index contributed by atoms with van der Waals surface area (Å²) in [5.74, 6) is -0.183. The van der Waals surface area contributed by atoms with Gasteiger partial charge in [0.15, 0.2) is 6.61 Å². The van der Waals surface area contributed by atoms with E-state index in [9.17, 15) is 19.2 Å². The molecule has 0 N–H and O–H groups in total. The fraction of sp³-hybridized carbons (Fsp3) is 0.320. The molecule has 5 rings (SSSR count). The van der Waals surface area contributed by atoms with Crippen molar-refractivity contribution in [1.29, 1.82) is 5.26 Å². The highest BCUT2D eigenvalue weighted by Gasteiger charge is 2.30. The standard InChI is InChI=1S/C25H22FN3O4/c26-17-3-1-2-16(12-17)24-21-13-19(33-15-23(30)28-8-10-32-11-9-28)6-7-20(21)25(31)29(18-4-5-18)22(24)14-27/h1-3,6-7,12-13,18H,4-5,8-11,15H2. The first-order valence-corrected chi connectivity index (χ1v) is 10.9. The lowest BCUT2D eigenvalue weighted by molar-refractivity contribution is -0.137. The highest BCUT2D eigenvalue weighted by molar-refractivity contribution is 5.99. The maximum atomic E-state index is 14.1. The molecule has 0 spiro atoms. The average molecular weight is 447 g/mol. The Morgan fingerprint density at radius 3 is 2.64 bits per heavy atom. The summed E-state index contributed by atoms with van der Waals surface area (Å²) >= 11 is 0. The van der Waals surface area contributed by atoms with E-state index in [1.54, 1.807) is 35.2 Å². The second-order valence-corrected chi connectivity index (χ2v) is 8.24. The Labute approximate surface area is 189 Å². The summed E-state index contributed by atoms with van der Waals surface area (Å²) in [6.07, 6.45) is 1.65. The summed E-state index contributed by atoms with van der Waals surface area (Å²) in [7, 11) is 0. The van der Waals surface area contributed by atoms with Gasteiger partial charge in [-0.15, -0.1) is 0 Å². The number of rotatable bonds is 5. The third kappa shape index (κ3) is 4.08. The Morgan fingerprint density at radius 2 is 1.94 bits per heavy atom. The summed E-state index contributed by atoms with van der Waals surface area (Å²) in [5, 5.41) is 10.9. The normalized spacial score (nSPS) is 15.9. The number of benzene rings is 2. The lowest BCUT2D eigenvalue weighted by atomic mass is 9.96. The molecule has 1 aliphatic heterocycles. The molecule has 1 saturated heterocycles. The van der Waals surface area contributed by atoms with Crippen molar-refractivity contribution in [2.45, 2.75) is 18.9 Å². The third-order valence-corrected chi connectivity index (χ3v) is 6.04. The molecule has 2 aliphatic rings. The SMILES string of the molecule is N#Cc1c(-c2cccc(F)c2)c2cc(OCC(=O)N3CCOCC3)ccc2c(=O)n1C1CC1. The summed E-state index contributed by atoms with van der Waals surface area (Å²) in [6.45, 7) is 1.91. The molecule has 168 valence electrons. The number of halogens is 1. The minimum atomic E-state index is -0.433. The molecular formula is C25H22FN3O4. The molecule has 2 aromatic carbocycles. The zero-order valence-electron chi connectivity index (χ0n) is 17.9. The summed E-state index contributed by atoms with van der Waals surface area (Å²) in [6, 6.07) is 13.1. The zero-order chi connectivity index (χ0) is 22.9. The number of hydrogen-bond acceptors (Lipinski definition) is 5. The van der Waals surface area contributed by atoms with Gasteiger partial charge < -0.3 is 14.4 Å². The average Bonchev–Trinajstić information content (AvgIpc) is 3.67. The van der Waals surface area contributed by atoms with Crippen molar-refractivity contribution in [2.24, 2.45) is 0 Å². The molecule has 1 amide bonds. The van der Waals surface area contributed by atoms with Crippen LogP contribution in [0.15, 0.2) is 47.3 Å². The fourth-order valence-electron chi connectivity index (χ4n) is 4.26. The summed E-state index contributed by atoms with van der Waals surface area (Å²) in [5.41, 5.74) is 0.957. The zero-order valence-corrected chi connectivity index (χ0v) is 17.9. The van der Waals surface area contributed by atoms with Gasteiger partial charge in [0.1, 0.15) is 23.3 Å². The molecule has 7 nitrogen and oxygen atoms in total. The van der Waals surface area contributed by atoms with Gasteiger partial charge in [-0.25, -0.2) is 4.39 Å². The minimum absolute atomic E-state index is 0.0223. The van der Waals surface area contributed by atoms with Gasteiger partial charge in [0.2, 0.25) is 0 Å². The maximum Gasteiger partial charge on any atom is 0.260 e. The first-order chi connectivity index (χ1) is 16.1. The second kappa shape index (κ2) is 8.68. The number of morpholine rings is 1. The van der Waals surface area contributed by atoms with Crippen LogP contribution in [0.4, 0.5) is 4.39 Å². The first kappa shape index (κ1) is 21.2. The Morgan fingerprint density at radius 1 is 1.15 bits per heavy atom. The fourth-order valence-corrected chi connectivity index (χ4v) is 4.26. The van der Waals surface area contributed by atoms with Crippen molar-refractivity contribution < 1.29 is 18.7 Å². The van der Waals surface area contributed by atoms with Crippen LogP contribution in [-0.2, 0) is 9.53 Å². The molecule has 0 bridgehead atoms. The number of nitriles is 1. The molecule has 0 radical (unpaired) electrons. The molecule has 2 heterocycles. The van der Waals surface area contributed by atoms with Gasteiger partial charge in [-0.2, -0.15) is 5.26 Å². The Kier molecular flexibility index (Phi) is 5.56. The quantitative estimate of drug-likeness (QED) is 0.600. The number of hydrogen-bond donors (Lipinski definition) is 0. The van der Waals surface area contributed by atoms with Crippen molar-refractivity contribution >= 4 is 16.7 Å². The number of amides is 1. The van der Waals surface area contributed by atoms with Gasteiger partial charge in [-0.1, -0.05) is 12.1 Å². The largest absolute Gasteiger partial charge is 0.484 e. The van der Waals surface area contributed by atoms with E-state index in [-0.39, 0.29) is 29.8 Å². The maximum absolute atomic E-state index is 14.1. The van der Waals surface area contributed by atoms with Gasteiger partial charge in [0.25, 0.3) is 11.5 Å². The molecule has 0 atom stereocenters. The van der Waals surface area contributed by atoms with Crippen LogP contribution >= 0.6 is 0 Å². The highest BCUT2D eigenvalue weighted by atomic mass is 19.1. The lowest BCUT2D eigenvalue weighted by Gasteiger charge is -2.26. The van der Waals surface area contributed by atoms with E-state index in [1.165, 1.54) is 16.7 Å². The number of nitrogens with zero attached hydrogens (tertiary/aromatic N) is 3. The Balaban J connectivity index is 1.59. The molecule has 1 aromatic heterocycles. The van der Waals surface area contributed by atoms with Gasteiger partial charge in [-0.3, -0.25) is 14.2 Å². The number of fused-ring (bicyclic) bond motifs is 1. The van der Waals surface area contributed by atoms with Crippen LogP contribution in [0.25, 0.3) is 21.9 Å². The van der Waals surface area contributed by atoms with Crippen LogP contribution in [0, 0.1) is 17.1 Å². The number of carbonyl (C=O) groups is 1. The monoisotopic (exact) mass is 447 g/mol. The van der Waals surface area contributed by atoms with E-state index in [4.69, 9.17) is 9.47 Å². The Bertz CT molecular complexity index is 1330. The van der Waals surface area contributed by atoms with E-state index in [2.05, 4.69) is 6.07 Å². The molecule has 0 unspecified atom stereocenters. The van der Waals surface area contributed by atoms with Crippen molar-refractivity contribution in [3.05, 3.63) is 64.3 Å². The van der Waals surface area contributed by atoms with Crippen LogP contribution in [-0.4, -0.2) is 48.3 Å². The van der Waals surface area contributed by atoms with Crippen molar-refractivity contribution in [1.82, 2.24) is 9.47 Å². The highest BCUT2D eigenvalue weighted by Crippen LogP contribution is 2.39. The molecule has 1 aliphatic carbocycles. The van der Waals surface area contributed by atoms with E-state index >= 15 is 0 Å². The predicted octanol–water partition coefficient (Wildman–Crippen LogP) is 3.25. The smallest absolute Gasteiger partial charge is 0.260 e. The van der Waals surface area contributed by atoms with Crippen LogP contribution in [0.1, 0.15) is 24.6 Å². The first-order valence-electron chi connectivity index (χ1n) is 10.9. The van der Waals surface area contributed by atoms with E-state index < -0.39 is 5.82 Å². The molecule has 33 heavy (non-hydrogen) atoms. The van der Waals surface area contributed by atoms with Gasteiger partial charge in [-0.05, 0) is 48.7 Å². The predicted molar refractivity (Wildman–Crippen MR) is 119 cm³/mol. The van der Waals surface area contributed by atoms with E-state index in [1.807, 2.05) is 0 Å². The van der Waals surface area contributed by atoms with Crippen LogP contribution in [0.5, 0.6) is 5.75 Å². The molecule has 2 fully saturated rings. The number of aromatic nitrogens is 1. The van der Waals surface area contributed by atoms with Gasteiger partial charge in [0, 0.05) is 35.5 Å². The minimum Gasteiger partial charge on any atom is -0.484 e. The number of carbonyl (C=O) groups excluding carboxylic acids is 1. The van der Waals surface area contributed by atoms with Crippen LogP contribution < -0.4 is 10.3 Å². The molecule has 1 saturated carbocycles. The number of ether oxygens (including phenoxy) is 2. The molecular weight excluding hydrogens is 425 g/mol. The van der Waals surface area contributed by atoms with Gasteiger partial charge in [0.05, 0.1) is 13.2 Å². The van der Waals surface area contributed by atoms with Crippen molar-refractivity contribution in [2.75, 3.05) is 32.9 Å². The van der Waals surface area contributed by atoms with Crippen molar-refractivity contribution in [3.63, 3.8) is 0 Å². The van der Waals surface area contributed by atoms with Crippen LogP contribution in [0.2, 0.25) is 0 Å². The summed E-state index contributed by atoms with van der Waals surface area (Å²) in [4.78, 5) is 27.4. The van der Waals surface area contributed by atoms with E-state index in [0.717, 1.165) is 12.8 Å². The van der Waals surface area contributed by atoms with Crippen LogP contribution in [0.3, 0.4) is 0 Å². The molecule has 8 heteroatoms. The third-order valence-electron chi connectivity index (χ3n) is 6.04. The second-order valence-electron chi connectivity index (χ2n) is 8.24.